The first kappa shape index (κ1) is 16.0. The first-order valence-corrected chi connectivity index (χ1v) is 8.64. The molecule has 0 saturated carbocycles. The van der Waals surface area contributed by atoms with E-state index in [9.17, 15) is 4.39 Å². The van der Waals surface area contributed by atoms with E-state index in [0.717, 1.165) is 54.0 Å². The van der Waals surface area contributed by atoms with Gasteiger partial charge in [0.1, 0.15) is 17.1 Å². The van der Waals surface area contributed by atoms with Crippen LogP contribution in [-0.2, 0) is 6.54 Å². The number of likely N-dealkylation sites (tertiary alicyclic amines) is 1. The molecule has 0 bridgehead atoms. The number of aromatic nitrogens is 1. The van der Waals surface area contributed by atoms with E-state index in [-0.39, 0.29) is 11.7 Å². The monoisotopic (exact) mass is 336 g/mol. The SMILES string of the molecule is COc1cccc2ccc(CN3CCC(c4ccccc4F)C3)nc12. The second-order valence-corrected chi connectivity index (χ2v) is 6.58. The highest BCUT2D eigenvalue weighted by atomic mass is 19.1. The Bertz CT molecular complexity index is 896. The lowest BCUT2D eigenvalue weighted by atomic mass is 9.98. The van der Waals surface area contributed by atoms with Gasteiger partial charge in [-0.15, -0.1) is 0 Å². The summed E-state index contributed by atoms with van der Waals surface area (Å²) in [7, 11) is 1.67. The zero-order chi connectivity index (χ0) is 17.2. The standard InChI is InChI=1S/C21H21FN2O/c1-25-20-8-4-5-15-9-10-17(23-21(15)20)14-24-12-11-16(13-24)18-6-2-3-7-19(18)22/h2-10,16H,11-14H2,1H3. The number of rotatable bonds is 4. The number of para-hydroxylation sites is 1. The van der Waals surface area contributed by atoms with Gasteiger partial charge in [0.05, 0.1) is 12.8 Å². The van der Waals surface area contributed by atoms with Gasteiger partial charge in [-0.05, 0) is 36.7 Å². The van der Waals surface area contributed by atoms with Gasteiger partial charge in [0, 0.05) is 24.4 Å². The number of nitrogens with zero attached hydrogens (tertiary/aromatic N) is 2. The molecule has 128 valence electrons. The number of hydrogen-bond acceptors (Lipinski definition) is 3. The smallest absolute Gasteiger partial charge is 0.145 e. The van der Waals surface area contributed by atoms with Gasteiger partial charge in [0.25, 0.3) is 0 Å². The zero-order valence-electron chi connectivity index (χ0n) is 14.3. The molecule has 4 heteroatoms. The summed E-state index contributed by atoms with van der Waals surface area (Å²) in [5.74, 6) is 0.962. The van der Waals surface area contributed by atoms with E-state index >= 15 is 0 Å². The second kappa shape index (κ2) is 6.81. The van der Waals surface area contributed by atoms with Crippen molar-refractivity contribution < 1.29 is 9.13 Å². The molecule has 4 rings (SSSR count). The maximum Gasteiger partial charge on any atom is 0.145 e. The highest BCUT2D eigenvalue weighted by Crippen LogP contribution is 2.30. The van der Waals surface area contributed by atoms with Crippen LogP contribution in [0.4, 0.5) is 4.39 Å². The molecule has 0 radical (unpaired) electrons. The van der Waals surface area contributed by atoms with Gasteiger partial charge in [0.15, 0.2) is 0 Å². The van der Waals surface area contributed by atoms with E-state index in [4.69, 9.17) is 9.72 Å². The first-order valence-electron chi connectivity index (χ1n) is 8.64. The number of benzene rings is 2. The van der Waals surface area contributed by atoms with Crippen molar-refractivity contribution in [3.63, 3.8) is 0 Å². The van der Waals surface area contributed by atoms with Crippen molar-refractivity contribution in [2.24, 2.45) is 0 Å². The molecular weight excluding hydrogens is 315 g/mol. The van der Waals surface area contributed by atoms with Gasteiger partial charge in [-0.3, -0.25) is 4.90 Å². The molecule has 0 spiro atoms. The van der Waals surface area contributed by atoms with Crippen molar-refractivity contribution in [2.75, 3.05) is 20.2 Å². The Kier molecular flexibility index (Phi) is 4.36. The lowest BCUT2D eigenvalue weighted by Crippen LogP contribution is -2.20. The molecule has 1 aromatic heterocycles. The minimum atomic E-state index is -0.0945. The third-order valence-corrected chi connectivity index (χ3v) is 4.96. The van der Waals surface area contributed by atoms with E-state index in [1.165, 1.54) is 0 Å². The van der Waals surface area contributed by atoms with Crippen LogP contribution in [0.3, 0.4) is 0 Å². The molecule has 1 atom stereocenters. The van der Waals surface area contributed by atoms with E-state index in [1.807, 2.05) is 30.3 Å². The highest BCUT2D eigenvalue weighted by molar-refractivity contribution is 5.84. The number of hydrogen-bond donors (Lipinski definition) is 0. The summed E-state index contributed by atoms with van der Waals surface area (Å²) in [6.07, 6.45) is 0.984. The third-order valence-electron chi connectivity index (χ3n) is 4.96. The maximum absolute atomic E-state index is 14.0. The molecule has 1 aliphatic heterocycles. The Morgan fingerprint density at radius 1 is 1.12 bits per heavy atom. The van der Waals surface area contributed by atoms with Crippen LogP contribution in [0.2, 0.25) is 0 Å². The molecule has 1 unspecified atom stereocenters. The van der Waals surface area contributed by atoms with Crippen LogP contribution in [0, 0.1) is 5.82 Å². The van der Waals surface area contributed by atoms with Crippen molar-refractivity contribution in [3.05, 3.63) is 71.7 Å². The first-order chi connectivity index (χ1) is 12.2. The van der Waals surface area contributed by atoms with Gasteiger partial charge in [0.2, 0.25) is 0 Å². The number of pyridine rings is 1. The average molecular weight is 336 g/mol. The lowest BCUT2D eigenvalue weighted by Gasteiger charge is -2.16. The van der Waals surface area contributed by atoms with Gasteiger partial charge in [-0.2, -0.15) is 0 Å². The fraction of sp³-hybridized carbons (Fsp3) is 0.286. The van der Waals surface area contributed by atoms with E-state index in [2.05, 4.69) is 17.0 Å². The normalized spacial score (nSPS) is 17.9. The quantitative estimate of drug-likeness (QED) is 0.707. The van der Waals surface area contributed by atoms with Crippen molar-refractivity contribution in [1.82, 2.24) is 9.88 Å². The molecule has 3 nitrogen and oxygen atoms in total. The average Bonchev–Trinajstić information content (AvgIpc) is 3.09. The summed E-state index contributed by atoms with van der Waals surface area (Å²) >= 11 is 0. The molecular formula is C21H21FN2O. The van der Waals surface area contributed by atoms with E-state index in [1.54, 1.807) is 19.2 Å². The molecule has 0 N–H and O–H groups in total. The summed E-state index contributed by atoms with van der Waals surface area (Å²) in [5, 5.41) is 1.08. The van der Waals surface area contributed by atoms with Crippen molar-refractivity contribution in [3.8, 4) is 5.75 Å². The minimum Gasteiger partial charge on any atom is -0.494 e. The van der Waals surface area contributed by atoms with Crippen LogP contribution in [0.25, 0.3) is 10.9 Å². The van der Waals surface area contributed by atoms with Crippen LogP contribution in [0.15, 0.2) is 54.6 Å². The Morgan fingerprint density at radius 3 is 2.84 bits per heavy atom. The Balaban J connectivity index is 1.51. The summed E-state index contributed by atoms with van der Waals surface area (Å²) in [5.41, 5.74) is 2.75. The largest absolute Gasteiger partial charge is 0.494 e. The van der Waals surface area contributed by atoms with Crippen molar-refractivity contribution in [1.29, 1.82) is 0 Å². The third kappa shape index (κ3) is 3.22. The topological polar surface area (TPSA) is 25.4 Å². The van der Waals surface area contributed by atoms with E-state index in [0.29, 0.717) is 0 Å². The Morgan fingerprint density at radius 2 is 2.00 bits per heavy atom. The summed E-state index contributed by atoms with van der Waals surface area (Å²) in [4.78, 5) is 7.13. The lowest BCUT2D eigenvalue weighted by molar-refractivity contribution is 0.322. The number of fused-ring (bicyclic) bond motifs is 1. The molecule has 3 aromatic rings. The summed E-state index contributed by atoms with van der Waals surface area (Å²) < 4.78 is 19.4. The number of halogens is 1. The molecule has 2 aromatic carbocycles. The fourth-order valence-corrected chi connectivity index (χ4v) is 3.68. The van der Waals surface area contributed by atoms with E-state index < -0.39 is 0 Å². The Labute approximate surface area is 147 Å². The van der Waals surface area contributed by atoms with Crippen LogP contribution in [0.1, 0.15) is 23.6 Å². The number of ether oxygens (including phenoxy) is 1. The molecule has 0 aliphatic carbocycles. The van der Waals surface area contributed by atoms with Gasteiger partial charge in [-0.25, -0.2) is 9.37 Å². The van der Waals surface area contributed by atoms with Crippen LogP contribution < -0.4 is 4.74 Å². The predicted octanol–water partition coefficient (Wildman–Crippen LogP) is 4.37. The van der Waals surface area contributed by atoms with Crippen LogP contribution >= 0.6 is 0 Å². The summed E-state index contributed by atoms with van der Waals surface area (Å²) in [6.45, 7) is 2.61. The van der Waals surface area contributed by atoms with Crippen LogP contribution in [0.5, 0.6) is 5.75 Å². The number of methoxy groups -OCH3 is 1. The van der Waals surface area contributed by atoms with Gasteiger partial charge < -0.3 is 4.74 Å². The van der Waals surface area contributed by atoms with Crippen molar-refractivity contribution in [2.45, 2.75) is 18.9 Å². The molecule has 1 fully saturated rings. The summed E-state index contributed by atoms with van der Waals surface area (Å²) in [6, 6.07) is 17.2. The molecule has 0 amide bonds. The van der Waals surface area contributed by atoms with Gasteiger partial charge in [-0.1, -0.05) is 36.4 Å². The molecule has 2 heterocycles. The Hall–Kier alpha value is -2.46. The van der Waals surface area contributed by atoms with Crippen molar-refractivity contribution >= 4 is 10.9 Å². The molecule has 1 saturated heterocycles. The maximum atomic E-state index is 14.0. The fourth-order valence-electron chi connectivity index (χ4n) is 3.68. The van der Waals surface area contributed by atoms with Gasteiger partial charge >= 0.3 is 0 Å². The zero-order valence-corrected chi connectivity index (χ0v) is 14.3. The highest BCUT2D eigenvalue weighted by Gasteiger charge is 2.26. The molecule has 1 aliphatic rings. The predicted molar refractivity (Wildman–Crippen MR) is 97.3 cm³/mol. The minimum absolute atomic E-state index is 0.0945. The molecule has 25 heavy (non-hydrogen) atoms. The van der Waals surface area contributed by atoms with Crippen LogP contribution in [-0.4, -0.2) is 30.1 Å². The second-order valence-electron chi connectivity index (χ2n) is 6.58.